The third-order valence-electron chi connectivity index (χ3n) is 3.48. The number of carbonyl (C=O) groups excluding carboxylic acids is 2. The minimum atomic E-state index is -0.445. The van der Waals surface area contributed by atoms with Gasteiger partial charge in [0.2, 0.25) is 0 Å². The maximum Gasteiger partial charge on any atom is 0.325 e. The van der Waals surface area contributed by atoms with E-state index < -0.39 is 6.04 Å². The number of furan rings is 1. The molecule has 1 aromatic carbocycles. The molecule has 2 heterocycles. The van der Waals surface area contributed by atoms with Crippen LogP contribution in [0.15, 0.2) is 28.7 Å². The third-order valence-corrected chi connectivity index (χ3v) is 3.79. The van der Waals surface area contributed by atoms with Crippen LogP contribution in [0.3, 0.4) is 0 Å². The summed E-state index contributed by atoms with van der Waals surface area (Å²) in [5.41, 5.74) is 1.30. The smallest absolute Gasteiger partial charge is 0.325 e. The lowest BCUT2D eigenvalue weighted by Crippen LogP contribution is -2.30. The highest BCUT2D eigenvalue weighted by molar-refractivity contribution is 6.30. The molecule has 1 aliphatic rings. The Bertz CT molecular complexity index is 695. The minimum absolute atomic E-state index is 0.122. The number of nitrogens with one attached hydrogen (secondary N) is 1. The van der Waals surface area contributed by atoms with E-state index in [4.69, 9.17) is 16.0 Å². The first-order valence-corrected chi connectivity index (χ1v) is 6.77. The first kappa shape index (κ1) is 13.0. The number of urea groups is 1. The normalized spacial score (nSPS) is 18.9. The molecule has 3 rings (SSSR count). The summed E-state index contributed by atoms with van der Waals surface area (Å²) in [5.74, 6) is -0.223. The van der Waals surface area contributed by atoms with Crippen molar-refractivity contribution in [3.63, 3.8) is 0 Å². The molecule has 0 saturated carbocycles. The van der Waals surface area contributed by atoms with Crippen LogP contribution in [0.2, 0.25) is 5.22 Å². The predicted octanol–water partition coefficient (Wildman–Crippen LogP) is 2.92. The van der Waals surface area contributed by atoms with Gasteiger partial charge in [0.1, 0.15) is 11.6 Å². The molecule has 1 N–H and O–H groups in total. The van der Waals surface area contributed by atoms with E-state index in [1.165, 1.54) is 4.90 Å². The number of rotatable bonds is 3. The molecule has 0 unspecified atom stereocenters. The van der Waals surface area contributed by atoms with Crippen LogP contribution in [0.25, 0.3) is 11.0 Å². The highest BCUT2D eigenvalue weighted by Gasteiger charge is 2.37. The van der Waals surface area contributed by atoms with E-state index in [2.05, 4.69) is 5.32 Å². The maximum atomic E-state index is 12.1. The van der Waals surface area contributed by atoms with Gasteiger partial charge < -0.3 is 9.73 Å². The number of halogens is 1. The number of hydrogen-bond acceptors (Lipinski definition) is 3. The number of benzene rings is 1. The Labute approximate surface area is 120 Å². The summed E-state index contributed by atoms with van der Waals surface area (Å²) in [6.07, 6.45) is 0.570. The second-order valence-electron chi connectivity index (χ2n) is 4.69. The summed E-state index contributed by atoms with van der Waals surface area (Å²) in [7, 11) is 0. The molecule has 1 saturated heterocycles. The van der Waals surface area contributed by atoms with E-state index in [1.807, 2.05) is 25.1 Å². The number of fused-ring (bicyclic) bond motifs is 1. The lowest BCUT2D eigenvalue weighted by molar-refractivity contribution is -0.127. The van der Waals surface area contributed by atoms with Crippen molar-refractivity contribution < 1.29 is 14.0 Å². The average molecular weight is 293 g/mol. The molecule has 6 heteroatoms. The standard InChI is InChI=1S/C14H13ClN2O3/c1-2-10-13(18)17(14(19)16-10)7-9-8-5-3-4-6-11(8)20-12(9)15/h3-6,10H,2,7H2,1H3,(H,16,19)/t10-/m0/s1. The zero-order valence-electron chi connectivity index (χ0n) is 10.9. The first-order chi connectivity index (χ1) is 9.61. The highest BCUT2D eigenvalue weighted by Crippen LogP contribution is 2.31. The van der Waals surface area contributed by atoms with Gasteiger partial charge in [-0.25, -0.2) is 4.79 Å². The van der Waals surface area contributed by atoms with E-state index in [-0.39, 0.29) is 23.7 Å². The van der Waals surface area contributed by atoms with E-state index in [9.17, 15) is 9.59 Å². The molecule has 104 valence electrons. The van der Waals surface area contributed by atoms with Crippen LogP contribution in [0.1, 0.15) is 18.9 Å². The molecule has 2 aromatic rings. The van der Waals surface area contributed by atoms with Crippen molar-refractivity contribution in [1.29, 1.82) is 0 Å². The largest absolute Gasteiger partial charge is 0.444 e. The van der Waals surface area contributed by atoms with Crippen LogP contribution in [0.4, 0.5) is 4.79 Å². The Hall–Kier alpha value is -2.01. The number of carbonyl (C=O) groups is 2. The number of nitrogens with zero attached hydrogens (tertiary/aromatic N) is 1. The molecule has 5 nitrogen and oxygen atoms in total. The van der Waals surface area contributed by atoms with Gasteiger partial charge >= 0.3 is 6.03 Å². The van der Waals surface area contributed by atoms with Crippen molar-refractivity contribution in [3.8, 4) is 0 Å². The zero-order valence-corrected chi connectivity index (χ0v) is 11.6. The minimum Gasteiger partial charge on any atom is -0.444 e. The molecule has 1 aliphatic heterocycles. The molecule has 0 aliphatic carbocycles. The second kappa shape index (κ2) is 4.83. The SMILES string of the molecule is CC[C@@H]1NC(=O)N(Cc2c(Cl)oc3ccccc23)C1=O. The molecule has 0 radical (unpaired) electrons. The van der Waals surface area contributed by atoms with E-state index >= 15 is 0 Å². The Morgan fingerprint density at radius 1 is 1.35 bits per heavy atom. The van der Waals surface area contributed by atoms with Crippen molar-refractivity contribution in [3.05, 3.63) is 35.0 Å². The summed E-state index contributed by atoms with van der Waals surface area (Å²) >= 11 is 6.08. The van der Waals surface area contributed by atoms with Gasteiger partial charge in [-0.1, -0.05) is 25.1 Å². The second-order valence-corrected chi connectivity index (χ2v) is 5.03. The Kier molecular flexibility index (Phi) is 3.14. The van der Waals surface area contributed by atoms with Gasteiger partial charge in [-0.2, -0.15) is 0 Å². The van der Waals surface area contributed by atoms with Gasteiger partial charge in [0.25, 0.3) is 5.91 Å². The van der Waals surface area contributed by atoms with Crippen molar-refractivity contribution in [2.24, 2.45) is 0 Å². The Morgan fingerprint density at radius 3 is 2.80 bits per heavy atom. The fraction of sp³-hybridized carbons (Fsp3) is 0.286. The van der Waals surface area contributed by atoms with Gasteiger partial charge in [-0.3, -0.25) is 9.69 Å². The van der Waals surface area contributed by atoms with Crippen LogP contribution in [0.5, 0.6) is 0 Å². The topological polar surface area (TPSA) is 62.6 Å². The van der Waals surface area contributed by atoms with E-state index in [0.717, 1.165) is 5.39 Å². The summed E-state index contributed by atoms with van der Waals surface area (Å²) in [6, 6.07) is 6.52. The van der Waals surface area contributed by atoms with E-state index in [1.54, 1.807) is 6.07 Å². The number of para-hydroxylation sites is 1. The maximum absolute atomic E-state index is 12.1. The molecule has 1 aromatic heterocycles. The van der Waals surface area contributed by atoms with Crippen LogP contribution in [0, 0.1) is 0 Å². The first-order valence-electron chi connectivity index (χ1n) is 6.39. The van der Waals surface area contributed by atoms with Crippen LogP contribution >= 0.6 is 11.6 Å². The number of amides is 3. The lowest BCUT2D eigenvalue weighted by atomic mass is 10.1. The van der Waals surface area contributed by atoms with Crippen LogP contribution < -0.4 is 5.32 Å². The summed E-state index contributed by atoms with van der Waals surface area (Å²) in [4.78, 5) is 25.1. The third kappa shape index (κ3) is 1.94. The molecule has 0 bridgehead atoms. The molecular weight excluding hydrogens is 280 g/mol. The quantitative estimate of drug-likeness (QED) is 0.885. The van der Waals surface area contributed by atoms with Crippen LogP contribution in [-0.2, 0) is 11.3 Å². The monoisotopic (exact) mass is 292 g/mol. The zero-order chi connectivity index (χ0) is 14.3. The van der Waals surface area contributed by atoms with Gasteiger partial charge in [0.15, 0.2) is 5.22 Å². The molecular formula is C14H13ClN2O3. The molecule has 3 amide bonds. The molecule has 0 spiro atoms. The van der Waals surface area contributed by atoms with Crippen LogP contribution in [-0.4, -0.2) is 22.9 Å². The van der Waals surface area contributed by atoms with Gasteiger partial charge in [0.05, 0.1) is 6.54 Å². The molecule has 20 heavy (non-hydrogen) atoms. The Morgan fingerprint density at radius 2 is 2.10 bits per heavy atom. The van der Waals surface area contributed by atoms with Gasteiger partial charge in [-0.05, 0) is 24.1 Å². The fourth-order valence-corrected chi connectivity index (χ4v) is 2.62. The van der Waals surface area contributed by atoms with Crippen molar-refractivity contribution in [1.82, 2.24) is 10.2 Å². The predicted molar refractivity (Wildman–Crippen MR) is 74.4 cm³/mol. The van der Waals surface area contributed by atoms with Crippen molar-refractivity contribution in [2.45, 2.75) is 25.9 Å². The lowest BCUT2D eigenvalue weighted by Gasteiger charge is -2.12. The van der Waals surface area contributed by atoms with Gasteiger partial charge in [-0.15, -0.1) is 0 Å². The summed E-state index contributed by atoms with van der Waals surface area (Å²) in [6.45, 7) is 1.98. The summed E-state index contributed by atoms with van der Waals surface area (Å²) < 4.78 is 5.43. The highest BCUT2D eigenvalue weighted by atomic mass is 35.5. The molecule has 1 fully saturated rings. The van der Waals surface area contributed by atoms with Crippen molar-refractivity contribution >= 4 is 34.5 Å². The fourth-order valence-electron chi connectivity index (χ4n) is 2.38. The van der Waals surface area contributed by atoms with Gasteiger partial charge in [0, 0.05) is 10.9 Å². The Balaban J connectivity index is 1.96. The average Bonchev–Trinajstić information content (AvgIpc) is 2.90. The van der Waals surface area contributed by atoms with Crippen molar-refractivity contribution in [2.75, 3.05) is 0 Å². The number of hydrogen-bond donors (Lipinski definition) is 1. The molecule has 1 atom stereocenters. The van der Waals surface area contributed by atoms with E-state index in [0.29, 0.717) is 17.6 Å². The number of imide groups is 1. The summed E-state index contributed by atoms with van der Waals surface area (Å²) in [5, 5.41) is 3.68.